The summed E-state index contributed by atoms with van der Waals surface area (Å²) in [4.78, 5) is 12.0. The van der Waals surface area contributed by atoms with Crippen LogP contribution in [0.2, 0.25) is 0 Å². The van der Waals surface area contributed by atoms with E-state index in [9.17, 15) is 4.79 Å². The molecule has 0 rings (SSSR count). The Morgan fingerprint density at radius 3 is 2.50 bits per heavy atom. The molecule has 0 fully saturated rings. The van der Waals surface area contributed by atoms with Crippen LogP contribution < -0.4 is 5.73 Å². The fourth-order valence-corrected chi connectivity index (χ4v) is 1.49. The number of hydrogen-bond donors (Lipinski definition) is 2. The van der Waals surface area contributed by atoms with Gasteiger partial charge in [-0.15, -0.1) is 12.6 Å². The summed E-state index contributed by atoms with van der Waals surface area (Å²) >= 11 is 4.38. The molecule has 0 amide bonds. The van der Waals surface area contributed by atoms with Crippen LogP contribution >= 0.6 is 12.6 Å². The quantitative estimate of drug-likeness (QED) is 0.543. The second-order valence-electron chi connectivity index (χ2n) is 3.28. The van der Waals surface area contributed by atoms with Gasteiger partial charge in [0, 0.05) is 5.92 Å². The van der Waals surface area contributed by atoms with Gasteiger partial charge in [-0.25, -0.2) is 0 Å². The maximum atomic E-state index is 11.2. The molecule has 0 saturated heterocycles. The molecular formula is C11H19NOS. The first-order chi connectivity index (χ1) is 6.54. The molecule has 0 aliphatic rings. The van der Waals surface area contributed by atoms with Crippen molar-refractivity contribution in [3.8, 4) is 0 Å². The Labute approximate surface area is 91.7 Å². The number of ketones is 1. The van der Waals surface area contributed by atoms with Crippen molar-refractivity contribution in [3.63, 3.8) is 0 Å². The molecule has 0 saturated carbocycles. The first-order valence-electron chi connectivity index (χ1n) is 4.79. The topological polar surface area (TPSA) is 43.1 Å². The molecule has 0 heterocycles. The summed E-state index contributed by atoms with van der Waals surface area (Å²) in [5.74, 6) is 0.00473. The van der Waals surface area contributed by atoms with Crippen molar-refractivity contribution in [1.82, 2.24) is 0 Å². The molecule has 2 nitrogen and oxygen atoms in total. The summed E-state index contributed by atoms with van der Waals surface area (Å²) in [6.45, 7) is 5.96. The predicted molar refractivity (Wildman–Crippen MR) is 64.3 cm³/mol. The molecular weight excluding hydrogens is 194 g/mol. The SMILES string of the molecule is C/C=C\C(CCN)=C(/S)C(C)C(C)=O. The number of hydrogen-bond acceptors (Lipinski definition) is 3. The summed E-state index contributed by atoms with van der Waals surface area (Å²) in [5.41, 5.74) is 6.54. The minimum absolute atomic E-state index is 0.129. The number of Topliss-reactive ketones (excluding diaryl/α,β-unsaturated/α-hetero) is 1. The lowest BCUT2D eigenvalue weighted by molar-refractivity contribution is -0.119. The summed E-state index contributed by atoms with van der Waals surface area (Å²) < 4.78 is 0. The summed E-state index contributed by atoms with van der Waals surface area (Å²) in [5, 5.41) is 0. The van der Waals surface area contributed by atoms with Crippen LogP contribution in [0.1, 0.15) is 27.2 Å². The Balaban J connectivity index is 4.87. The van der Waals surface area contributed by atoms with Gasteiger partial charge in [0.25, 0.3) is 0 Å². The van der Waals surface area contributed by atoms with E-state index in [-0.39, 0.29) is 11.7 Å². The van der Waals surface area contributed by atoms with Gasteiger partial charge in [-0.1, -0.05) is 19.1 Å². The van der Waals surface area contributed by atoms with Crippen LogP contribution in [0, 0.1) is 5.92 Å². The van der Waals surface area contributed by atoms with Crippen LogP contribution in [0.5, 0.6) is 0 Å². The molecule has 1 unspecified atom stereocenters. The molecule has 0 aliphatic heterocycles. The van der Waals surface area contributed by atoms with Crippen molar-refractivity contribution in [1.29, 1.82) is 0 Å². The molecule has 80 valence electrons. The second-order valence-corrected chi connectivity index (χ2v) is 3.76. The summed E-state index contributed by atoms with van der Waals surface area (Å²) in [7, 11) is 0. The van der Waals surface area contributed by atoms with Crippen molar-refractivity contribution in [2.75, 3.05) is 6.54 Å². The number of carbonyl (C=O) groups excluding carboxylic acids is 1. The fourth-order valence-electron chi connectivity index (χ4n) is 1.12. The van der Waals surface area contributed by atoms with Crippen LogP contribution in [0.15, 0.2) is 22.6 Å². The van der Waals surface area contributed by atoms with Gasteiger partial charge in [0.1, 0.15) is 5.78 Å². The van der Waals surface area contributed by atoms with Gasteiger partial charge in [0.2, 0.25) is 0 Å². The lowest BCUT2D eigenvalue weighted by atomic mass is 10.0. The number of thiol groups is 1. The Bertz CT molecular complexity index is 256. The highest BCUT2D eigenvalue weighted by Gasteiger charge is 2.13. The van der Waals surface area contributed by atoms with Gasteiger partial charge >= 0.3 is 0 Å². The molecule has 3 heteroatoms. The van der Waals surface area contributed by atoms with Gasteiger partial charge in [0.15, 0.2) is 0 Å². The third-order valence-electron chi connectivity index (χ3n) is 2.13. The molecule has 0 bridgehead atoms. The zero-order valence-corrected chi connectivity index (χ0v) is 9.97. The second kappa shape index (κ2) is 6.85. The van der Waals surface area contributed by atoms with E-state index in [1.165, 1.54) is 0 Å². The van der Waals surface area contributed by atoms with Gasteiger partial charge < -0.3 is 5.73 Å². The molecule has 0 spiro atoms. The number of nitrogens with two attached hydrogens (primary N) is 1. The monoisotopic (exact) mass is 213 g/mol. The van der Waals surface area contributed by atoms with E-state index in [1.807, 2.05) is 26.0 Å². The van der Waals surface area contributed by atoms with Crippen LogP contribution in [0.25, 0.3) is 0 Å². The highest BCUT2D eigenvalue weighted by molar-refractivity contribution is 7.84. The van der Waals surface area contributed by atoms with Crippen LogP contribution in [0.4, 0.5) is 0 Å². The molecule has 14 heavy (non-hydrogen) atoms. The van der Waals surface area contributed by atoms with Crippen LogP contribution in [-0.2, 0) is 4.79 Å². The predicted octanol–water partition coefficient (Wildman–Crippen LogP) is 2.32. The van der Waals surface area contributed by atoms with Crippen molar-refractivity contribution in [3.05, 3.63) is 22.6 Å². The zero-order chi connectivity index (χ0) is 11.1. The molecule has 2 N–H and O–H groups in total. The maximum absolute atomic E-state index is 11.2. The molecule has 1 atom stereocenters. The number of carbonyl (C=O) groups is 1. The van der Waals surface area contributed by atoms with E-state index in [2.05, 4.69) is 12.6 Å². The molecule has 0 radical (unpaired) electrons. The Morgan fingerprint density at radius 1 is 1.57 bits per heavy atom. The molecule has 0 aromatic heterocycles. The Kier molecular flexibility index (Phi) is 6.58. The minimum atomic E-state index is -0.129. The van der Waals surface area contributed by atoms with E-state index >= 15 is 0 Å². The highest BCUT2D eigenvalue weighted by Crippen LogP contribution is 2.22. The summed E-state index contributed by atoms with van der Waals surface area (Å²) in [6, 6.07) is 0. The Hall–Kier alpha value is -0.540. The highest BCUT2D eigenvalue weighted by atomic mass is 32.1. The van der Waals surface area contributed by atoms with Crippen molar-refractivity contribution < 1.29 is 4.79 Å². The molecule has 0 aromatic rings. The first kappa shape index (κ1) is 13.5. The third kappa shape index (κ3) is 4.11. The lowest BCUT2D eigenvalue weighted by Gasteiger charge is -2.11. The van der Waals surface area contributed by atoms with Crippen molar-refractivity contribution >= 4 is 18.4 Å². The average molecular weight is 213 g/mol. The van der Waals surface area contributed by atoms with Crippen molar-refractivity contribution in [2.24, 2.45) is 11.7 Å². The van der Waals surface area contributed by atoms with E-state index in [4.69, 9.17) is 5.73 Å². The van der Waals surface area contributed by atoms with E-state index < -0.39 is 0 Å². The molecule has 0 aliphatic carbocycles. The van der Waals surface area contributed by atoms with Gasteiger partial charge in [0.05, 0.1) is 0 Å². The summed E-state index contributed by atoms with van der Waals surface area (Å²) in [6.07, 6.45) is 4.67. The van der Waals surface area contributed by atoms with E-state index in [0.29, 0.717) is 6.54 Å². The van der Waals surface area contributed by atoms with Gasteiger partial charge in [-0.05, 0) is 37.3 Å². The van der Waals surface area contributed by atoms with E-state index in [0.717, 1.165) is 16.9 Å². The van der Waals surface area contributed by atoms with Gasteiger partial charge in [-0.2, -0.15) is 0 Å². The number of allylic oxidation sites excluding steroid dienone is 3. The third-order valence-corrected chi connectivity index (χ3v) is 2.80. The first-order valence-corrected chi connectivity index (χ1v) is 5.24. The smallest absolute Gasteiger partial charge is 0.137 e. The van der Waals surface area contributed by atoms with E-state index in [1.54, 1.807) is 6.92 Å². The largest absolute Gasteiger partial charge is 0.330 e. The zero-order valence-electron chi connectivity index (χ0n) is 9.08. The maximum Gasteiger partial charge on any atom is 0.137 e. The minimum Gasteiger partial charge on any atom is -0.330 e. The van der Waals surface area contributed by atoms with Crippen LogP contribution in [0.3, 0.4) is 0 Å². The lowest BCUT2D eigenvalue weighted by Crippen LogP contribution is -2.09. The number of rotatable bonds is 5. The fraction of sp³-hybridized carbons (Fsp3) is 0.545. The van der Waals surface area contributed by atoms with Gasteiger partial charge in [-0.3, -0.25) is 4.79 Å². The Morgan fingerprint density at radius 2 is 2.14 bits per heavy atom. The standard InChI is InChI=1S/C11H19NOS/c1-4-5-10(6-7-12)11(14)8(2)9(3)13/h4-5,8,14H,6-7,12H2,1-3H3/b5-4-,11-10+. The van der Waals surface area contributed by atoms with Crippen LogP contribution in [-0.4, -0.2) is 12.3 Å². The average Bonchev–Trinajstić information content (AvgIpc) is 2.15. The molecule has 0 aromatic carbocycles. The van der Waals surface area contributed by atoms with Crippen molar-refractivity contribution in [2.45, 2.75) is 27.2 Å². The normalized spacial score (nSPS) is 15.5.